The number of nitrogens with zero attached hydrogens (tertiary/aromatic N) is 2. The molecule has 1 N–H and O–H groups in total. The summed E-state index contributed by atoms with van der Waals surface area (Å²) >= 11 is 0. The Kier molecular flexibility index (Phi) is 4.75. The molecule has 0 bridgehead atoms. The lowest BCUT2D eigenvalue weighted by atomic mass is 10.2. The lowest BCUT2D eigenvalue weighted by Crippen LogP contribution is -2.31. The van der Waals surface area contributed by atoms with Crippen LogP contribution in [0.1, 0.15) is 25.7 Å². The third-order valence-electron chi connectivity index (χ3n) is 3.15. The lowest BCUT2D eigenvalue weighted by molar-refractivity contribution is -0.125. The molecule has 2 rings (SSSR count). The van der Waals surface area contributed by atoms with E-state index in [1.165, 1.54) is 7.11 Å². The lowest BCUT2D eigenvalue weighted by Gasteiger charge is -2.16. The zero-order valence-corrected chi connectivity index (χ0v) is 12.7. The Balaban J connectivity index is 2.37. The second-order valence-corrected chi connectivity index (χ2v) is 5.22. The molecule has 5 nitrogen and oxygen atoms in total. The summed E-state index contributed by atoms with van der Waals surface area (Å²) < 4.78 is 6.93. The van der Waals surface area contributed by atoms with Crippen LogP contribution >= 0.6 is 0 Å². The van der Waals surface area contributed by atoms with E-state index in [2.05, 4.69) is 21.4 Å². The summed E-state index contributed by atoms with van der Waals surface area (Å²) in [6, 6.07) is 7.74. The average Bonchev–Trinajstić information content (AvgIpc) is 2.77. The van der Waals surface area contributed by atoms with Crippen molar-refractivity contribution in [2.24, 2.45) is 0 Å². The van der Waals surface area contributed by atoms with Gasteiger partial charge in [-0.25, -0.2) is 4.98 Å². The maximum Gasteiger partial charge on any atom is 0.246 e. The van der Waals surface area contributed by atoms with E-state index in [0.717, 1.165) is 22.4 Å². The number of fused-ring (bicyclic) bond motifs is 1. The van der Waals surface area contributed by atoms with Gasteiger partial charge in [-0.15, -0.1) is 0 Å². The number of rotatable bonds is 6. The van der Waals surface area contributed by atoms with Crippen LogP contribution in [-0.4, -0.2) is 29.2 Å². The predicted octanol–water partition coefficient (Wildman–Crippen LogP) is 2.44. The second-order valence-electron chi connectivity index (χ2n) is 5.22. The highest BCUT2D eigenvalue weighted by molar-refractivity contribution is 5.78. The number of hydrogen-bond acceptors (Lipinski definition) is 3. The van der Waals surface area contributed by atoms with E-state index in [1.54, 1.807) is 0 Å². The Morgan fingerprint density at radius 1 is 1.48 bits per heavy atom. The normalized spacial score (nSPS) is 12.3. The summed E-state index contributed by atoms with van der Waals surface area (Å²) in [5, 5.41) is 2.89. The largest absolute Gasteiger partial charge is 0.375 e. The number of carbonyl (C=O) groups excluding carboxylic acids is 1. The molecular weight excluding hydrogens is 266 g/mol. The van der Waals surface area contributed by atoms with Crippen molar-refractivity contribution in [2.45, 2.75) is 26.4 Å². The highest BCUT2D eigenvalue weighted by atomic mass is 16.5. The number of ether oxygens (including phenoxy) is 1. The van der Waals surface area contributed by atoms with Gasteiger partial charge in [-0.1, -0.05) is 24.3 Å². The third kappa shape index (κ3) is 3.49. The molecule has 0 aliphatic rings. The summed E-state index contributed by atoms with van der Waals surface area (Å²) in [7, 11) is 1.50. The van der Waals surface area contributed by atoms with Crippen molar-refractivity contribution in [1.29, 1.82) is 0 Å². The molecule has 1 aromatic carbocycles. The van der Waals surface area contributed by atoms with E-state index in [-0.39, 0.29) is 18.6 Å². The van der Waals surface area contributed by atoms with Crippen molar-refractivity contribution in [3.63, 3.8) is 0 Å². The molecule has 0 radical (unpaired) electrons. The van der Waals surface area contributed by atoms with Gasteiger partial charge in [0.25, 0.3) is 0 Å². The minimum Gasteiger partial charge on any atom is -0.375 e. The minimum atomic E-state index is -0.195. The Morgan fingerprint density at radius 3 is 2.86 bits per heavy atom. The number of benzene rings is 1. The van der Waals surface area contributed by atoms with E-state index in [4.69, 9.17) is 4.74 Å². The van der Waals surface area contributed by atoms with Crippen molar-refractivity contribution in [2.75, 3.05) is 13.7 Å². The van der Waals surface area contributed by atoms with Gasteiger partial charge in [-0.2, -0.15) is 0 Å². The number of aromatic nitrogens is 2. The van der Waals surface area contributed by atoms with Gasteiger partial charge >= 0.3 is 0 Å². The van der Waals surface area contributed by atoms with Gasteiger partial charge in [-0.3, -0.25) is 4.79 Å². The molecule has 2 aromatic rings. The van der Waals surface area contributed by atoms with Crippen LogP contribution in [0.25, 0.3) is 11.0 Å². The van der Waals surface area contributed by atoms with Crippen LogP contribution in [0.3, 0.4) is 0 Å². The summed E-state index contributed by atoms with van der Waals surface area (Å²) in [5.74, 6) is 0.669. The van der Waals surface area contributed by atoms with E-state index in [1.807, 2.05) is 38.1 Å². The summed E-state index contributed by atoms with van der Waals surface area (Å²) in [4.78, 5) is 16.3. The monoisotopic (exact) mass is 287 g/mol. The highest BCUT2D eigenvalue weighted by Crippen LogP contribution is 2.21. The standard InChI is InChI=1S/C16H21N3O2/c1-11(2)9-19-14-8-6-5-7-13(14)18-16(19)12(3)17-15(20)10-21-4/h5-8,12H,1,9-10H2,2-4H3,(H,17,20). The Hall–Kier alpha value is -2.14. The molecule has 5 heteroatoms. The predicted molar refractivity (Wildman–Crippen MR) is 83.0 cm³/mol. The minimum absolute atomic E-state index is 0.0467. The molecule has 0 spiro atoms. The first-order valence-electron chi connectivity index (χ1n) is 6.90. The van der Waals surface area contributed by atoms with Gasteiger partial charge in [0.05, 0.1) is 17.1 Å². The summed E-state index contributed by atoms with van der Waals surface area (Å²) in [6.45, 7) is 8.60. The number of methoxy groups -OCH3 is 1. The Morgan fingerprint density at radius 2 is 2.19 bits per heavy atom. The molecule has 1 aromatic heterocycles. The summed E-state index contributed by atoms with van der Waals surface area (Å²) in [5.41, 5.74) is 3.00. The second kappa shape index (κ2) is 6.54. The molecule has 0 aliphatic heterocycles. The molecule has 1 atom stereocenters. The molecule has 0 fully saturated rings. The van der Waals surface area contributed by atoms with Crippen LogP contribution in [-0.2, 0) is 16.1 Å². The van der Waals surface area contributed by atoms with Crippen LogP contribution in [0.4, 0.5) is 0 Å². The van der Waals surface area contributed by atoms with E-state index in [0.29, 0.717) is 6.54 Å². The molecule has 0 saturated carbocycles. The molecule has 21 heavy (non-hydrogen) atoms. The van der Waals surface area contributed by atoms with Crippen LogP contribution < -0.4 is 5.32 Å². The van der Waals surface area contributed by atoms with Gasteiger partial charge in [0, 0.05) is 13.7 Å². The summed E-state index contributed by atoms with van der Waals surface area (Å²) in [6.07, 6.45) is 0. The van der Waals surface area contributed by atoms with Gasteiger partial charge in [0.15, 0.2) is 0 Å². The molecule has 1 unspecified atom stereocenters. The number of hydrogen-bond donors (Lipinski definition) is 1. The van der Waals surface area contributed by atoms with Crippen molar-refractivity contribution in [3.8, 4) is 0 Å². The van der Waals surface area contributed by atoms with Gasteiger partial charge in [-0.05, 0) is 26.0 Å². The first kappa shape index (κ1) is 15.3. The Labute approximate surface area is 124 Å². The highest BCUT2D eigenvalue weighted by Gasteiger charge is 2.18. The van der Waals surface area contributed by atoms with Crippen molar-refractivity contribution >= 4 is 16.9 Å². The first-order chi connectivity index (χ1) is 10.0. The smallest absolute Gasteiger partial charge is 0.246 e. The van der Waals surface area contributed by atoms with Gasteiger partial charge in [0.1, 0.15) is 12.4 Å². The number of allylic oxidation sites excluding steroid dienone is 1. The van der Waals surface area contributed by atoms with Crippen LogP contribution in [0, 0.1) is 0 Å². The molecular formula is C16H21N3O2. The van der Waals surface area contributed by atoms with E-state index in [9.17, 15) is 4.79 Å². The fourth-order valence-electron chi connectivity index (χ4n) is 2.34. The topological polar surface area (TPSA) is 56.2 Å². The SMILES string of the molecule is C=C(C)Cn1c(C(C)NC(=O)COC)nc2ccccc21. The fourth-order valence-corrected chi connectivity index (χ4v) is 2.34. The molecule has 1 heterocycles. The first-order valence-corrected chi connectivity index (χ1v) is 6.90. The number of nitrogens with one attached hydrogen (secondary N) is 1. The zero-order chi connectivity index (χ0) is 15.4. The molecule has 0 aliphatic carbocycles. The number of carbonyl (C=O) groups is 1. The third-order valence-corrected chi connectivity index (χ3v) is 3.15. The Bertz CT molecular complexity index is 661. The van der Waals surface area contributed by atoms with Crippen molar-refractivity contribution in [1.82, 2.24) is 14.9 Å². The quantitative estimate of drug-likeness (QED) is 0.830. The number of amides is 1. The molecule has 112 valence electrons. The van der Waals surface area contributed by atoms with Crippen molar-refractivity contribution < 1.29 is 9.53 Å². The van der Waals surface area contributed by atoms with Crippen LogP contribution in [0.2, 0.25) is 0 Å². The van der Waals surface area contributed by atoms with Gasteiger partial charge < -0.3 is 14.6 Å². The zero-order valence-electron chi connectivity index (χ0n) is 12.7. The number of imidazole rings is 1. The van der Waals surface area contributed by atoms with E-state index >= 15 is 0 Å². The van der Waals surface area contributed by atoms with Crippen LogP contribution in [0.15, 0.2) is 36.4 Å². The molecule has 1 amide bonds. The van der Waals surface area contributed by atoms with Crippen molar-refractivity contribution in [3.05, 3.63) is 42.2 Å². The van der Waals surface area contributed by atoms with Gasteiger partial charge in [0.2, 0.25) is 5.91 Å². The number of para-hydroxylation sites is 2. The van der Waals surface area contributed by atoms with E-state index < -0.39 is 0 Å². The maximum atomic E-state index is 11.7. The fraction of sp³-hybridized carbons (Fsp3) is 0.375. The molecule has 0 saturated heterocycles. The van der Waals surface area contributed by atoms with Crippen LogP contribution in [0.5, 0.6) is 0 Å². The average molecular weight is 287 g/mol. The maximum absolute atomic E-state index is 11.7.